The second-order valence-electron chi connectivity index (χ2n) is 3.39. The number of Topliss-reactive ketones (excluding diaryl/α,β-unsaturated/α-hetero) is 1. The van der Waals surface area contributed by atoms with E-state index < -0.39 is 9.84 Å². The van der Waals surface area contributed by atoms with Crippen LogP contribution in [0.2, 0.25) is 5.02 Å². The van der Waals surface area contributed by atoms with Crippen LogP contribution in [-0.4, -0.2) is 33.3 Å². The molecule has 0 unspecified atom stereocenters. The number of hydrogen-bond acceptors (Lipinski definition) is 5. The molecular formula is C10H12ClNO3S2. The van der Waals surface area contributed by atoms with Crippen molar-refractivity contribution in [2.75, 3.05) is 19.1 Å². The second kappa shape index (κ2) is 5.39. The molecule has 1 aromatic carbocycles. The SMILES string of the molecule is CSc1c(Cl)cc(C(=O)CN)cc1S(C)(=O)=O. The molecule has 4 nitrogen and oxygen atoms in total. The first-order valence-corrected chi connectivity index (χ1v) is 8.11. The van der Waals surface area contributed by atoms with Crippen LogP contribution in [0.3, 0.4) is 0 Å². The van der Waals surface area contributed by atoms with Gasteiger partial charge in [-0.15, -0.1) is 11.8 Å². The molecule has 0 spiro atoms. The van der Waals surface area contributed by atoms with Gasteiger partial charge in [0.15, 0.2) is 15.6 Å². The molecule has 0 saturated heterocycles. The number of benzene rings is 1. The Hall–Kier alpha value is -0.560. The number of hydrogen-bond donors (Lipinski definition) is 1. The number of nitrogens with two attached hydrogens (primary N) is 1. The fourth-order valence-electron chi connectivity index (χ4n) is 1.32. The predicted octanol–water partition coefficient (Wildman–Crippen LogP) is 1.61. The minimum Gasteiger partial charge on any atom is -0.324 e. The van der Waals surface area contributed by atoms with Gasteiger partial charge in [0.05, 0.1) is 16.5 Å². The molecule has 0 amide bonds. The standard InChI is InChI=1S/C10H12ClNO3S2/c1-16-10-7(11)3-6(8(13)5-12)4-9(10)17(2,14)15/h3-4H,5,12H2,1-2H3. The molecule has 0 atom stereocenters. The van der Waals surface area contributed by atoms with Crippen molar-refractivity contribution in [3.05, 3.63) is 22.7 Å². The van der Waals surface area contributed by atoms with Crippen molar-refractivity contribution in [1.82, 2.24) is 0 Å². The molecule has 94 valence electrons. The smallest absolute Gasteiger partial charge is 0.176 e. The molecule has 2 N–H and O–H groups in total. The highest BCUT2D eigenvalue weighted by molar-refractivity contribution is 7.99. The van der Waals surface area contributed by atoms with E-state index in [1.807, 2.05) is 0 Å². The van der Waals surface area contributed by atoms with Crippen molar-refractivity contribution >= 4 is 39.0 Å². The Kier molecular flexibility index (Phi) is 4.60. The maximum absolute atomic E-state index is 11.6. The molecule has 1 rings (SSSR count). The van der Waals surface area contributed by atoms with Gasteiger partial charge < -0.3 is 5.73 Å². The first-order valence-electron chi connectivity index (χ1n) is 4.62. The van der Waals surface area contributed by atoms with E-state index in [-0.39, 0.29) is 27.8 Å². The number of carbonyl (C=O) groups is 1. The molecule has 1 aromatic rings. The normalized spacial score (nSPS) is 11.5. The lowest BCUT2D eigenvalue weighted by Crippen LogP contribution is -2.14. The van der Waals surface area contributed by atoms with E-state index in [9.17, 15) is 13.2 Å². The number of halogens is 1. The quantitative estimate of drug-likeness (QED) is 0.674. The van der Waals surface area contributed by atoms with Gasteiger partial charge in [-0.25, -0.2) is 8.42 Å². The van der Waals surface area contributed by atoms with Crippen molar-refractivity contribution < 1.29 is 13.2 Å². The number of rotatable bonds is 4. The fourth-order valence-corrected chi connectivity index (χ4v) is 3.83. The Morgan fingerprint density at radius 1 is 1.47 bits per heavy atom. The number of thioether (sulfide) groups is 1. The van der Waals surface area contributed by atoms with Gasteiger partial charge in [-0.3, -0.25) is 4.79 Å². The van der Waals surface area contributed by atoms with E-state index in [1.54, 1.807) is 6.26 Å². The van der Waals surface area contributed by atoms with E-state index in [1.165, 1.54) is 23.9 Å². The average molecular weight is 294 g/mol. The summed E-state index contributed by atoms with van der Waals surface area (Å²) in [7, 11) is -3.43. The Labute approximate surface area is 109 Å². The van der Waals surface area contributed by atoms with Crippen LogP contribution in [0, 0.1) is 0 Å². The zero-order valence-corrected chi connectivity index (χ0v) is 11.7. The maximum atomic E-state index is 11.6. The predicted molar refractivity (Wildman–Crippen MR) is 69.7 cm³/mol. The van der Waals surface area contributed by atoms with Gasteiger partial charge in [0.2, 0.25) is 0 Å². The monoisotopic (exact) mass is 293 g/mol. The summed E-state index contributed by atoms with van der Waals surface area (Å²) in [6, 6.07) is 2.76. The fraction of sp³-hybridized carbons (Fsp3) is 0.300. The van der Waals surface area contributed by atoms with Crippen LogP contribution in [0.15, 0.2) is 21.9 Å². The summed E-state index contributed by atoms with van der Waals surface area (Å²) in [5.41, 5.74) is 5.45. The van der Waals surface area contributed by atoms with E-state index in [0.717, 1.165) is 6.26 Å². The maximum Gasteiger partial charge on any atom is 0.176 e. The molecule has 0 bridgehead atoms. The molecule has 0 saturated carbocycles. The first-order chi connectivity index (χ1) is 7.81. The molecule has 0 fully saturated rings. The Bertz CT molecular complexity index is 555. The Morgan fingerprint density at radius 2 is 2.06 bits per heavy atom. The minimum atomic E-state index is -3.43. The Morgan fingerprint density at radius 3 is 2.47 bits per heavy atom. The van der Waals surface area contributed by atoms with Crippen LogP contribution in [0.1, 0.15) is 10.4 Å². The molecule has 0 aliphatic carbocycles. The van der Waals surface area contributed by atoms with E-state index in [4.69, 9.17) is 17.3 Å². The summed E-state index contributed by atoms with van der Waals surface area (Å²) in [4.78, 5) is 12.0. The van der Waals surface area contributed by atoms with Gasteiger partial charge in [-0.05, 0) is 18.4 Å². The summed E-state index contributed by atoms with van der Waals surface area (Å²) in [6.45, 7) is -0.182. The highest BCUT2D eigenvalue weighted by atomic mass is 35.5. The summed E-state index contributed by atoms with van der Waals surface area (Å²) in [5.74, 6) is -0.343. The average Bonchev–Trinajstić information content (AvgIpc) is 2.25. The van der Waals surface area contributed by atoms with Crippen LogP contribution in [-0.2, 0) is 9.84 Å². The zero-order valence-electron chi connectivity index (χ0n) is 9.36. The first kappa shape index (κ1) is 14.5. The van der Waals surface area contributed by atoms with Gasteiger partial charge in [0.25, 0.3) is 0 Å². The number of ketones is 1. The van der Waals surface area contributed by atoms with Crippen molar-refractivity contribution in [1.29, 1.82) is 0 Å². The highest BCUT2D eigenvalue weighted by Gasteiger charge is 2.19. The molecule has 0 aliphatic rings. The highest BCUT2D eigenvalue weighted by Crippen LogP contribution is 2.33. The lowest BCUT2D eigenvalue weighted by atomic mass is 10.1. The lowest BCUT2D eigenvalue weighted by Gasteiger charge is -2.10. The molecular weight excluding hydrogens is 282 g/mol. The van der Waals surface area contributed by atoms with E-state index in [0.29, 0.717) is 4.90 Å². The van der Waals surface area contributed by atoms with Crippen LogP contribution in [0.5, 0.6) is 0 Å². The van der Waals surface area contributed by atoms with Gasteiger partial charge in [-0.2, -0.15) is 0 Å². The molecule has 0 aromatic heterocycles. The zero-order chi connectivity index (χ0) is 13.2. The van der Waals surface area contributed by atoms with Crippen LogP contribution < -0.4 is 5.73 Å². The van der Waals surface area contributed by atoms with Crippen molar-refractivity contribution in [3.63, 3.8) is 0 Å². The summed E-state index contributed by atoms with van der Waals surface area (Å²) in [5, 5.41) is 0.247. The number of carbonyl (C=O) groups excluding carboxylic acids is 1. The Balaban J connectivity index is 3.56. The van der Waals surface area contributed by atoms with E-state index >= 15 is 0 Å². The van der Waals surface area contributed by atoms with Crippen molar-refractivity contribution in [3.8, 4) is 0 Å². The van der Waals surface area contributed by atoms with Crippen LogP contribution >= 0.6 is 23.4 Å². The molecule has 7 heteroatoms. The van der Waals surface area contributed by atoms with Gasteiger partial charge >= 0.3 is 0 Å². The van der Waals surface area contributed by atoms with Crippen LogP contribution in [0.25, 0.3) is 0 Å². The topological polar surface area (TPSA) is 77.2 Å². The number of sulfone groups is 1. The lowest BCUT2D eigenvalue weighted by molar-refractivity contribution is 0.100. The van der Waals surface area contributed by atoms with Crippen molar-refractivity contribution in [2.24, 2.45) is 5.73 Å². The summed E-state index contributed by atoms with van der Waals surface area (Å²) in [6.07, 6.45) is 2.80. The summed E-state index contributed by atoms with van der Waals surface area (Å²) < 4.78 is 23.2. The molecule has 17 heavy (non-hydrogen) atoms. The largest absolute Gasteiger partial charge is 0.324 e. The van der Waals surface area contributed by atoms with Crippen molar-refractivity contribution in [2.45, 2.75) is 9.79 Å². The summed E-state index contributed by atoms with van der Waals surface area (Å²) >= 11 is 7.19. The van der Waals surface area contributed by atoms with E-state index in [2.05, 4.69) is 0 Å². The minimum absolute atomic E-state index is 0.0642. The third-order valence-electron chi connectivity index (χ3n) is 2.12. The second-order valence-corrected chi connectivity index (χ2v) is 6.60. The third-order valence-corrected chi connectivity index (χ3v) is 4.63. The van der Waals surface area contributed by atoms with Crippen LogP contribution in [0.4, 0.5) is 0 Å². The molecule has 0 aliphatic heterocycles. The molecule has 0 heterocycles. The van der Waals surface area contributed by atoms with Gasteiger partial charge in [-0.1, -0.05) is 11.6 Å². The van der Waals surface area contributed by atoms with Gasteiger partial charge in [0.1, 0.15) is 0 Å². The molecule has 0 radical (unpaired) electrons. The van der Waals surface area contributed by atoms with Gasteiger partial charge in [0, 0.05) is 16.7 Å². The third kappa shape index (κ3) is 3.22.